The average molecular weight is 459 g/mol. The molecule has 0 spiro atoms. The van der Waals surface area contributed by atoms with Crippen molar-refractivity contribution in [1.29, 1.82) is 0 Å². The molecule has 4 aromatic rings. The summed E-state index contributed by atoms with van der Waals surface area (Å²) in [6.45, 7) is 4.42. The summed E-state index contributed by atoms with van der Waals surface area (Å²) in [5, 5.41) is 7.45. The van der Waals surface area contributed by atoms with Crippen LogP contribution in [0.2, 0.25) is 0 Å². The van der Waals surface area contributed by atoms with E-state index in [1.807, 2.05) is 18.2 Å². The molecule has 34 heavy (non-hydrogen) atoms. The summed E-state index contributed by atoms with van der Waals surface area (Å²) < 4.78 is 20.3. The maximum atomic E-state index is 13.9. The van der Waals surface area contributed by atoms with Crippen molar-refractivity contribution >= 4 is 5.91 Å². The first-order chi connectivity index (χ1) is 16.4. The van der Waals surface area contributed by atoms with Crippen LogP contribution in [-0.2, 0) is 19.5 Å². The number of fused-ring (bicyclic) bond motifs is 1. The van der Waals surface area contributed by atoms with Gasteiger partial charge in [0, 0.05) is 43.2 Å². The average Bonchev–Trinajstić information content (AvgIpc) is 3.28. The van der Waals surface area contributed by atoms with Gasteiger partial charge in [-0.1, -0.05) is 17.3 Å². The summed E-state index contributed by atoms with van der Waals surface area (Å²) in [5.41, 5.74) is 4.61. The van der Waals surface area contributed by atoms with E-state index < -0.39 is 0 Å². The maximum absolute atomic E-state index is 13.9. The second kappa shape index (κ2) is 8.66. The van der Waals surface area contributed by atoms with E-state index in [1.165, 1.54) is 6.07 Å². The van der Waals surface area contributed by atoms with Crippen molar-refractivity contribution in [3.05, 3.63) is 98.7 Å². The van der Waals surface area contributed by atoms with Gasteiger partial charge in [-0.05, 0) is 65.5 Å². The predicted octanol–water partition coefficient (Wildman–Crippen LogP) is 3.30. The molecular weight excluding hydrogens is 437 g/mol. The molecular formula is C25H22FN5O3. The van der Waals surface area contributed by atoms with Crippen molar-refractivity contribution in [1.82, 2.24) is 24.8 Å². The predicted molar refractivity (Wildman–Crippen MR) is 122 cm³/mol. The number of carbonyl (C=O) groups is 1. The Kier molecular flexibility index (Phi) is 5.53. The molecule has 0 bridgehead atoms. The lowest BCUT2D eigenvalue weighted by Crippen LogP contribution is -2.40. The number of pyridine rings is 2. The molecule has 172 valence electrons. The minimum absolute atomic E-state index is 0.162. The van der Waals surface area contributed by atoms with E-state index in [0.717, 1.165) is 16.8 Å². The van der Waals surface area contributed by atoms with Crippen LogP contribution in [0.25, 0.3) is 11.1 Å². The number of aryl methyl sites for hydroxylation is 2. The third-order valence-electron chi connectivity index (χ3n) is 6.15. The van der Waals surface area contributed by atoms with Crippen molar-refractivity contribution in [3.8, 4) is 11.1 Å². The summed E-state index contributed by atoms with van der Waals surface area (Å²) in [4.78, 5) is 32.5. The van der Waals surface area contributed by atoms with Gasteiger partial charge in [-0.3, -0.25) is 14.6 Å². The molecule has 0 N–H and O–H groups in total. The van der Waals surface area contributed by atoms with Crippen LogP contribution in [0, 0.1) is 19.7 Å². The molecule has 0 fully saturated rings. The lowest BCUT2D eigenvalue weighted by molar-refractivity contribution is 0.0720. The van der Waals surface area contributed by atoms with Crippen LogP contribution in [0.1, 0.15) is 38.6 Å². The Morgan fingerprint density at radius 2 is 2.03 bits per heavy atom. The van der Waals surface area contributed by atoms with Gasteiger partial charge in [0.2, 0.25) is 0 Å². The van der Waals surface area contributed by atoms with Crippen LogP contribution in [-0.4, -0.2) is 37.2 Å². The Bertz CT molecular complexity index is 1440. The van der Waals surface area contributed by atoms with Gasteiger partial charge in [-0.15, -0.1) is 0 Å². The normalized spacial score (nSPS) is 13.1. The zero-order valence-electron chi connectivity index (χ0n) is 18.8. The molecule has 8 nitrogen and oxygen atoms in total. The molecule has 1 aromatic carbocycles. The maximum Gasteiger partial charge on any atom is 0.278 e. The molecule has 1 aliphatic rings. The van der Waals surface area contributed by atoms with Crippen LogP contribution in [0.3, 0.4) is 0 Å². The molecule has 0 saturated carbocycles. The molecule has 0 saturated heterocycles. The van der Waals surface area contributed by atoms with Crippen molar-refractivity contribution in [2.75, 3.05) is 6.54 Å². The summed E-state index contributed by atoms with van der Waals surface area (Å²) >= 11 is 0. The molecule has 5 rings (SSSR count). The summed E-state index contributed by atoms with van der Waals surface area (Å²) in [7, 11) is 0. The van der Waals surface area contributed by atoms with Crippen LogP contribution in [0.4, 0.5) is 4.39 Å². The smallest absolute Gasteiger partial charge is 0.278 e. The Labute approximate surface area is 194 Å². The molecule has 3 aromatic heterocycles. The molecule has 0 unspecified atom stereocenters. The Morgan fingerprint density at radius 1 is 1.18 bits per heavy atom. The second-order valence-electron chi connectivity index (χ2n) is 8.42. The molecule has 0 atom stereocenters. The lowest BCUT2D eigenvalue weighted by Gasteiger charge is -2.30. The number of benzene rings is 1. The number of hydrogen-bond acceptors (Lipinski definition) is 6. The fraction of sp³-hybridized carbons (Fsp3) is 0.240. The molecule has 9 heteroatoms. The SMILES string of the molecule is Cc1cc(-c2cc3c(n(Cc4cccnc4)c2=O)CCN(C(=O)c2nonc2C)C3)ccc1F. The third-order valence-corrected chi connectivity index (χ3v) is 6.15. The zero-order chi connectivity index (χ0) is 23.8. The van der Waals surface area contributed by atoms with Gasteiger partial charge in [0.05, 0.1) is 6.54 Å². The van der Waals surface area contributed by atoms with Gasteiger partial charge in [-0.25, -0.2) is 9.02 Å². The van der Waals surface area contributed by atoms with Crippen molar-refractivity contribution in [3.63, 3.8) is 0 Å². The zero-order valence-corrected chi connectivity index (χ0v) is 18.8. The molecule has 4 heterocycles. The molecule has 0 aliphatic carbocycles. The van der Waals surface area contributed by atoms with Crippen molar-refractivity contribution < 1.29 is 13.8 Å². The monoisotopic (exact) mass is 459 g/mol. The highest BCUT2D eigenvalue weighted by molar-refractivity contribution is 5.93. The topological polar surface area (TPSA) is 94.1 Å². The first kappa shape index (κ1) is 21.7. The summed E-state index contributed by atoms with van der Waals surface area (Å²) in [6.07, 6.45) is 3.92. The van der Waals surface area contributed by atoms with Crippen molar-refractivity contribution in [2.45, 2.75) is 33.4 Å². The Morgan fingerprint density at radius 3 is 2.74 bits per heavy atom. The highest BCUT2D eigenvalue weighted by atomic mass is 19.1. The highest BCUT2D eigenvalue weighted by Gasteiger charge is 2.28. The van der Waals surface area contributed by atoms with Gasteiger partial charge in [0.25, 0.3) is 11.5 Å². The van der Waals surface area contributed by atoms with Gasteiger partial charge in [0.15, 0.2) is 5.69 Å². The third kappa shape index (κ3) is 3.89. The number of carbonyl (C=O) groups excluding carboxylic acids is 1. The van der Waals surface area contributed by atoms with Crippen LogP contribution < -0.4 is 5.56 Å². The fourth-order valence-corrected chi connectivity index (χ4v) is 4.33. The van der Waals surface area contributed by atoms with Gasteiger partial charge >= 0.3 is 0 Å². The Hall–Kier alpha value is -4.14. The number of amides is 1. The van der Waals surface area contributed by atoms with Gasteiger partial charge in [0.1, 0.15) is 11.5 Å². The number of nitrogens with zero attached hydrogens (tertiary/aromatic N) is 5. The largest absolute Gasteiger partial charge is 0.332 e. The van der Waals surface area contributed by atoms with E-state index in [9.17, 15) is 14.0 Å². The Balaban J connectivity index is 1.61. The number of hydrogen-bond donors (Lipinski definition) is 0. The van der Waals surface area contributed by atoms with E-state index in [1.54, 1.807) is 47.8 Å². The first-order valence-electron chi connectivity index (χ1n) is 10.9. The van der Waals surface area contributed by atoms with Crippen LogP contribution >= 0.6 is 0 Å². The quantitative estimate of drug-likeness (QED) is 0.465. The number of rotatable bonds is 4. The van der Waals surface area contributed by atoms with Crippen LogP contribution in [0.5, 0.6) is 0 Å². The van der Waals surface area contributed by atoms with E-state index in [-0.39, 0.29) is 23.0 Å². The first-order valence-corrected chi connectivity index (χ1v) is 10.9. The minimum Gasteiger partial charge on any atom is -0.332 e. The van der Waals surface area contributed by atoms with E-state index in [0.29, 0.717) is 48.4 Å². The van der Waals surface area contributed by atoms with E-state index in [4.69, 9.17) is 4.63 Å². The summed E-state index contributed by atoms with van der Waals surface area (Å²) in [5.74, 6) is -0.598. The van der Waals surface area contributed by atoms with Gasteiger partial charge < -0.3 is 9.47 Å². The van der Waals surface area contributed by atoms with Crippen LogP contribution in [0.15, 0.2) is 58.2 Å². The molecule has 0 radical (unpaired) electrons. The standard InChI is InChI=1S/C25H22FN5O3/c1-15-10-18(5-6-21(15)26)20-11-19-14-30(25(33)23-16(2)28-34-29-23)9-7-22(19)31(24(20)32)13-17-4-3-8-27-12-17/h3-6,8,10-12H,7,9,13-14H2,1-2H3. The van der Waals surface area contributed by atoms with E-state index in [2.05, 4.69) is 15.3 Å². The van der Waals surface area contributed by atoms with Gasteiger partial charge in [-0.2, -0.15) is 0 Å². The number of halogens is 1. The fourth-order valence-electron chi connectivity index (χ4n) is 4.33. The highest BCUT2D eigenvalue weighted by Crippen LogP contribution is 2.26. The molecule has 1 aliphatic heterocycles. The van der Waals surface area contributed by atoms with E-state index >= 15 is 0 Å². The lowest BCUT2D eigenvalue weighted by atomic mass is 9.97. The minimum atomic E-state index is -0.328. The van der Waals surface area contributed by atoms with Crippen molar-refractivity contribution in [2.24, 2.45) is 0 Å². The summed E-state index contributed by atoms with van der Waals surface area (Å²) in [6, 6.07) is 10.2. The molecule has 1 amide bonds. The second-order valence-corrected chi connectivity index (χ2v) is 8.42. The number of aromatic nitrogens is 4.